The van der Waals surface area contributed by atoms with E-state index >= 15 is 0 Å². The Morgan fingerprint density at radius 3 is 3.00 bits per heavy atom. The quantitative estimate of drug-likeness (QED) is 0.669. The predicted octanol–water partition coefficient (Wildman–Crippen LogP) is 3.37. The van der Waals surface area contributed by atoms with E-state index in [-0.39, 0.29) is 0 Å². The summed E-state index contributed by atoms with van der Waals surface area (Å²) < 4.78 is 6.98. The normalized spacial score (nSPS) is 19.9. The van der Waals surface area contributed by atoms with Crippen molar-refractivity contribution in [1.82, 2.24) is 5.32 Å². The van der Waals surface area contributed by atoms with Crippen LogP contribution in [0.5, 0.6) is 5.75 Å². The lowest BCUT2D eigenvalue weighted by atomic mass is 10.0. The van der Waals surface area contributed by atoms with E-state index in [4.69, 9.17) is 4.74 Å². The highest BCUT2D eigenvalue weighted by Gasteiger charge is 2.10. The van der Waals surface area contributed by atoms with Crippen LogP contribution in [0, 0.1) is 3.57 Å². The zero-order valence-corrected chi connectivity index (χ0v) is 12.2. The average Bonchev–Trinajstić information content (AvgIpc) is 2.32. The summed E-state index contributed by atoms with van der Waals surface area (Å²) in [5.74, 6) is 0.996. The number of hydrogen-bond donors (Lipinski definition) is 1. The molecular weight excluding hydrogens is 325 g/mol. The van der Waals surface area contributed by atoms with Crippen LogP contribution in [-0.4, -0.2) is 19.2 Å². The van der Waals surface area contributed by atoms with Crippen LogP contribution in [0.4, 0.5) is 0 Å². The smallest absolute Gasteiger partial charge is 0.132 e. The van der Waals surface area contributed by atoms with Crippen molar-refractivity contribution in [3.8, 4) is 5.75 Å². The third kappa shape index (κ3) is 4.00. The van der Waals surface area contributed by atoms with Gasteiger partial charge >= 0.3 is 0 Å². The van der Waals surface area contributed by atoms with E-state index in [1.807, 2.05) is 18.2 Å². The maximum Gasteiger partial charge on any atom is 0.132 e. The second-order valence-electron chi connectivity index (χ2n) is 4.40. The van der Waals surface area contributed by atoms with Gasteiger partial charge in [0, 0.05) is 19.0 Å². The standard InChI is InChI=1S/C14H18INO/c1-11-10-12(6-8-16-11)7-9-17-14-5-3-2-4-13(14)15/h2-6,11,16H,7-10H2,1H3. The van der Waals surface area contributed by atoms with E-state index in [1.54, 1.807) is 0 Å². The summed E-state index contributed by atoms with van der Waals surface area (Å²) in [5, 5.41) is 3.41. The monoisotopic (exact) mass is 343 g/mol. The van der Waals surface area contributed by atoms with Gasteiger partial charge in [-0.05, 0) is 48.1 Å². The number of nitrogens with one attached hydrogen (secondary N) is 1. The number of halogens is 1. The lowest BCUT2D eigenvalue weighted by Crippen LogP contribution is -2.30. The summed E-state index contributed by atoms with van der Waals surface area (Å²) in [5.41, 5.74) is 1.52. The van der Waals surface area contributed by atoms with Crippen LogP contribution in [0.25, 0.3) is 0 Å². The van der Waals surface area contributed by atoms with Gasteiger partial charge < -0.3 is 10.1 Å². The molecule has 1 heterocycles. The summed E-state index contributed by atoms with van der Waals surface area (Å²) in [4.78, 5) is 0. The van der Waals surface area contributed by atoms with Gasteiger partial charge in [-0.15, -0.1) is 0 Å². The number of ether oxygens (including phenoxy) is 1. The van der Waals surface area contributed by atoms with Crippen molar-refractivity contribution in [3.05, 3.63) is 39.5 Å². The Bertz CT molecular complexity index is 403. The molecule has 0 radical (unpaired) electrons. The first kappa shape index (κ1) is 12.9. The lowest BCUT2D eigenvalue weighted by Gasteiger charge is -2.20. The molecule has 0 saturated heterocycles. The van der Waals surface area contributed by atoms with Gasteiger partial charge in [-0.25, -0.2) is 0 Å². The molecule has 1 N–H and O–H groups in total. The molecule has 2 rings (SSSR count). The van der Waals surface area contributed by atoms with Crippen molar-refractivity contribution in [1.29, 1.82) is 0 Å². The zero-order valence-electron chi connectivity index (χ0n) is 10.1. The highest BCUT2D eigenvalue weighted by molar-refractivity contribution is 14.1. The molecule has 0 aliphatic carbocycles. The Morgan fingerprint density at radius 1 is 1.41 bits per heavy atom. The van der Waals surface area contributed by atoms with Crippen LogP contribution >= 0.6 is 22.6 Å². The minimum atomic E-state index is 0.604. The molecule has 2 nitrogen and oxygen atoms in total. The summed E-state index contributed by atoms with van der Waals surface area (Å²) in [6.45, 7) is 4.01. The fourth-order valence-corrected chi connectivity index (χ4v) is 2.55. The number of benzene rings is 1. The third-order valence-electron chi connectivity index (χ3n) is 2.94. The number of para-hydroxylation sites is 1. The topological polar surface area (TPSA) is 21.3 Å². The Morgan fingerprint density at radius 2 is 2.24 bits per heavy atom. The summed E-state index contributed by atoms with van der Waals surface area (Å²) in [6, 6.07) is 8.75. The molecular formula is C14H18INO. The molecule has 0 amide bonds. The molecule has 92 valence electrons. The molecule has 0 fully saturated rings. The minimum absolute atomic E-state index is 0.604. The molecule has 0 saturated carbocycles. The van der Waals surface area contributed by atoms with Gasteiger partial charge in [-0.1, -0.05) is 23.8 Å². The SMILES string of the molecule is CC1CC(CCOc2ccccc2I)=CCN1. The third-order valence-corrected chi connectivity index (χ3v) is 3.83. The molecule has 1 aliphatic rings. The fraction of sp³-hybridized carbons (Fsp3) is 0.429. The highest BCUT2D eigenvalue weighted by Crippen LogP contribution is 2.21. The lowest BCUT2D eigenvalue weighted by molar-refractivity contribution is 0.315. The largest absolute Gasteiger partial charge is 0.492 e. The molecule has 0 spiro atoms. The van der Waals surface area contributed by atoms with E-state index in [0.29, 0.717) is 6.04 Å². The van der Waals surface area contributed by atoms with Gasteiger partial charge in [0.1, 0.15) is 5.75 Å². The molecule has 0 aromatic heterocycles. The van der Waals surface area contributed by atoms with Crippen molar-refractivity contribution < 1.29 is 4.74 Å². The van der Waals surface area contributed by atoms with Gasteiger partial charge in [0.05, 0.1) is 10.2 Å². The fourth-order valence-electron chi connectivity index (χ4n) is 2.01. The van der Waals surface area contributed by atoms with Crippen LogP contribution in [0.3, 0.4) is 0 Å². The van der Waals surface area contributed by atoms with Gasteiger partial charge in [0.15, 0.2) is 0 Å². The second-order valence-corrected chi connectivity index (χ2v) is 5.57. The average molecular weight is 343 g/mol. The van der Waals surface area contributed by atoms with Crippen molar-refractivity contribution in [3.63, 3.8) is 0 Å². The van der Waals surface area contributed by atoms with Gasteiger partial charge in [-0.3, -0.25) is 0 Å². The van der Waals surface area contributed by atoms with Crippen LogP contribution in [0.1, 0.15) is 19.8 Å². The first-order chi connectivity index (χ1) is 8.25. The molecule has 1 unspecified atom stereocenters. The van der Waals surface area contributed by atoms with Crippen molar-refractivity contribution >= 4 is 22.6 Å². The highest BCUT2D eigenvalue weighted by atomic mass is 127. The van der Waals surface area contributed by atoms with Crippen LogP contribution < -0.4 is 10.1 Å². The Hall–Kier alpha value is -0.550. The number of rotatable bonds is 4. The summed E-state index contributed by atoms with van der Waals surface area (Å²) >= 11 is 2.31. The molecule has 3 heteroatoms. The number of hydrogen-bond acceptors (Lipinski definition) is 2. The molecule has 1 aromatic carbocycles. The molecule has 0 bridgehead atoms. The Kier molecular flexibility index (Phi) is 4.86. The van der Waals surface area contributed by atoms with Crippen molar-refractivity contribution in [2.24, 2.45) is 0 Å². The summed E-state index contributed by atoms with van der Waals surface area (Å²) in [7, 11) is 0. The van der Waals surface area contributed by atoms with E-state index in [1.165, 1.54) is 9.14 Å². The second kappa shape index (κ2) is 6.40. The molecule has 1 atom stereocenters. The van der Waals surface area contributed by atoms with Crippen molar-refractivity contribution in [2.75, 3.05) is 13.2 Å². The van der Waals surface area contributed by atoms with Gasteiger partial charge in [0.2, 0.25) is 0 Å². The van der Waals surface area contributed by atoms with Crippen LogP contribution in [-0.2, 0) is 0 Å². The van der Waals surface area contributed by atoms with E-state index in [9.17, 15) is 0 Å². The molecule has 1 aliphatic heterocycles. The van der Waals surface area contributed by atoms with E-state index < -0.39 is 0 Å². The first-order valence-electron chi connectivity index (χ1n) is 6.04. The molecule has 17 heavy (non-hydrogen) atoms. The predicted molar refractivity (Wildman–Crippen MR) is 79.4 cm³/mol. The van der Waals surface area contributed by atoms with Crippen LogP contribution in [0.15, 0.2) is 35.9 Å². The van der Waals surface area contributed by atoms with E-state index in [2.05, 4.69) is 47.0 Å². The maximum absolute atomic E-state index is 5.81. The van der Waals surface area contributed by atoms with E-state index in [0.717, 1.165) is 31.7 Å². The van der Waals surface area contributed by atoms with Crippen molar-refractivity contribution in [2.45, 2.75) is 25.8 Å². The maximum atomic E-state index is 5.81. The Labute approximate surface area is 117 Å². The molecule has 1 aromatic rings. The Balaban J connectivity index is 1.80. The van der Waals surface area contributed by atoms with Gasteiger partial charge in [-0.2, -0.15) is 0 Å². The zero-order chi connectivity index (χ0) is 12.1. The first-order valence-corrected chi connectivity index (χ1v) is 7.12. The summed E-state index contributed by atoms with van der Waals surface area (Å²) in [6.07, 6.45) is 4.48. The van der Waals surface area contributed by atoms with Gasteiger partial charge in [0.25, 0.3) is 0 Å². The van der Waals surface area contributed by atoms with Crippen LogP contribution in [0.2, 0.25) is 0 Å². The minimum Gasteiger partial charge on any atom is -0.492 e.